The highest BCUT2D eigenvalue weighted by Crippen LogP contribution is 2.04. The topological polar surface area (TPSA) is 40.6 Å². The molecule has 0 atom stereocenters. The van der Waals surface area contributed by atoms with E-state index in [9.17, 15) is 9.59 Å². The summed E-state index contributed by atoms with van der Waals surface area (Å²) in [7, 11) is 0. The van der Waals surface area contributed by atoms with Gasteiger partial charge in [-0.3, -0.25) is 9.59 Å². The van der Waals surface area contributed by atoms with Crippen LogP contribution < -0.4 is 0 Å². The predicted molar refractivity (Wildman–Crippen MR) is 53.6 cm³/mol. The molecule has 4 heteroatoms. The number of carbonyl (C=O) groups is 2. The molecule has 1 heterocycles. The molecule has 0 aromatic carbocycles. The second-order valence-electron chi connectivity index (χ2n) is 3.13. The normalized spacial score (nSPS) is 17.1. The second-order valence-corrected chi connectivity index (χ2v) is 3.13. The van der Waals surface area contributed by atoms with Gasteiger partial charge in [0.2, 0.25) is 11.8 Å². The summed E-state index contributed by atoms with van der Waals surface area (Å²) >= 11 is 0. The summed E-state index contributed by atoms with van der Waals surface area (Å²) in [6, 6.07) is 0. The van der Waals surface area contributed by atoms with Gasteiger partial charge in [0.1, 0.15) is 13.1 Å². The molecule has 0 unspecified atom stereocenters. The van der Waals surface area contributed by atoms with E-state index in [0.717, 1.165) is 0 Å². The number of hydrogen-bond acceptors (Lipinski definition) is 2. The van der Waals surface area contributed by atoms with Gasteiger partial charge in [0.05, 0.1) is 0 Å². The van der Waals surface area contributed by atoms with Gasteiger partial charge in [-0.25, -0.2) is 0 Å². The Labute approximate surface area is 83.5 Å². The van der Waals surface area contributed by atoms with E-state index in [0.29, 0.717) is 13.1 Å². The van der Waals surface area contributed by atoms with E-state index in [4.69, 9.17) is 0 Å². The molecule has 1 fully saturated rings. The monoisotopic (exact) mass is 194 g/mol. The molecule has 1 saturated heterocycles. The summed E-state index contributed by atoms with van der Waals surface area (Å²) in [5, 5.41) is 0. The molecule has 0 saturated carbocycles. The Morgan fingerprint density at radius 2 is 1.36 bits per heavy atom. The Morgan fingerprint density at radius 1 is 1.00 bits per heavy atom. The Kier molecular flexibility index (Phi) is 3.45. The number of piperazine rings is 1. The van der Waals surface area contributed by atoms with Crippen molar-refractivity contribution in [3.8, 4) is 0 Å². The maximum absolute atomic E-state index is 11.5. The van der Waals surface area contributed by atoms with E-state index in [2.05, 4.69) is 13.2 Å². The highest BCUT2D eigenvalue weighted by atomic mass is 16.2. The molecule has 1 rings (SSSR count). The van der Waals surface area contributed by atoms with Gasteiger partial charge in [0, 0.05) is 13.1 Å². The lowest BCUT2D eigenvalue weighted by Crippen LogP contribution is -2.53. The molecule has 76 valence electrons. The van der Waals surface area contributed by atoms with Crippen LogP contribution in [0, 0.1) is 0 Å². The van der Waals surface area contributed by atoms with Crippen LogP contribution in [0.5, 0.6) is 0 Å². The van der Waals surface area contributed by atoms with Gasteiger partial charge in [-0.05, 0) is 0 Å². The molecule has 0 radical (unpaired) electrons. The summed E-state index contributed by atoms with van der Waals surface area (Å²) in [5.41, 5.74) is 0. The van der Waals surface area contributed by atoms with Crippen molar-refractivity contribution >= 4 is 11.8 Å². The zero-order chi connectivity index (χ0) is 10.6. The average molecular weight is 194 g/mol. The minimum atomic E-state index is -0.0358. The number of carbonyl (C=O) groups excluding carboxylic acids is 2. The van der Waals surface area contributed by atoms with Crippen molar-refractivity contribution in [2.75, 3.05) is 26.2 Å². The van der Waals surface area contributed by atoms with E-state index in [-0.39, 0.29) is 24.9 Å². The maximum Gasteiger partial charge on any atom is 0.242 e. The summed E-state index contributed by atoms with van der Waals surface area (Å²) < 4.78 is 0. The summed E-state index contributed by atoms with van der Waals surface area (Å²) in [6.45, 7) is 8.25. The fraction of sp³-hybridized carbons (Fsp3) is 0.400. The molecule has 0 N–H and O–H groups in total. The Balaban J connectivity index is 2.61. The maximum atomic E-state index is 11.5. The van der Waals surface area contributed by atoms with Crippen molar-refractivity contribution < 1.29 is 9.59 Å². The summed E-state index contributed by atoms with van der Waals surface area (Å²) in [4.78, 5) is 25.9. The van der Waals surface area contributed by atoms with E-state index < -0.39 is 0 Å². The van der Waals surface area contributed by atoms with Crippen molar-refractivity contribution in [2.24, 2.45) is 0 Å². The summed E-state index contributed by atoms with van der Waals surface area (Å²) in [6.07, 6.45) is 3.24. The van der Waals surface area contributed by atoms with Crippen LogP contribution >= 0.6 is 0 Å². The fourth-order valence-corrected chi connectivity index (χ4v) is 1.35. The first-order chi connectivity index (χ1) is 6.69. The lowest BCUT2D eigenvalue weighted by atomic mass is 10.3. The third-order valence-electron chi connectivity index (χ3n) is 2.06. The van der Waals surface area contributed by atoms with Crippen LogP contribution in [-0.4, -0.2) is 47.8 Å². The molecule has 1 aliphatic rings. The molecule has 1 aliphatic heterocycles. The molecule has 14 heavy (non-hydrogen) atoms. The standard InChI is InChI=1S/C10H14N2O2/c1-3-5-11-7-10(14)12(6-4-2)8-9(11)13/h3-4H,1-2,5-8H2. The molecule has 0 aliphatic carbocycles. The van der Waals surface area contributed by atoms with Gasteiger partial charge in [0.25, 0.3) is 0 Å². The van der Waals surface area contributed by atoms with Crippen molar-refractivity contribution in [3.05, 3.63) is 25.3 Å². The zero-order valence-electron chi connectivity index (χ0n) is 8.11. The van der Waals surface area contributed by atoms with Gasteiger partial charge < -0.3 is 9.80 Å². The van der Waals surface area contributed by atoms with Gasteiger partial charge in [0.15, 0.2) is 0 Å². The highest BCUT2D eigenvalue weighted by molar-refractivity contribution is 5.92. The number of nitrogens with zero attached hydrogens (tertiary/aromatic N) is 2. The van der Waals surface area contributed by atoms with Crippen LogP contribution in [0.25, 0.3) is 0 Å². The molecular weight excluding hydrogens is 180 g/mol. The van der Waals surface area contributed by atoms with Crippen LogP contribution in [0.3, 0.4) is 0 Å². The lowest BCUT2D eigenvalue weighted by molar-refractivity contribution is -0.149. The number of hydrogen-bond donors (Lipinski definition) is 0. The molecular formula is C10H14N2O2. The Hall–Kier alpha value is -1.58. The minimum Gasteiger partial charge on any atom is -0.328 e. The average Bonchev–Trinajstić information content (AvgIpc) is 2.14. The SMILES string of the molecule is C=CCN1CC(=O)N(CC=C)CC1=O. The lowest BCUT2D eigenvalue weighted by Gasteiger charge is -2.32. The van der Waals surface area contributed by atoms with E-state index >= 15 is 0 Å². The van der Waals surface area contributed by atoms with Crippen molar-refractivity contribution in [1.82, 2.24) is 9.80 Å². The van der Waals surface area contributed by atoms with Crippen molar-refractivity contribution in [2.45, 2.75) is 0 Å². The van der Waals surface area contributed by atoms with Gasteiger partial charge >= 0.3 is 0 Å². The van der Waals surface area contributed by atoms with E-state index in [1.165, 1.54) is 9.80 Å². The molecule has 0 bridgehead atoms. The first kappa shape index (κ1) is 10.5. The predicted octanol–water partition coefficient (Wildman–Crippen LogP) is 0.0292. The van der Waals surface area contributed by atoms with Crippen molar-refractivity contribution in [1.29, 1.82) is 0 Å². The Bertz CT molecular complexity index is 245. The van der Waals surface area contributed by atoms with Crippen LogP contribution in [-0.2, 0) is 9.59 Å². The molecule has 4 nitrogen and oxygen atoms in total. The van der Waals surface area contributed by atoms with Crippen molar-refractivity contribution in [3.63, 3.8) is 0 Å². The van der Waals surface area contributed by atoms with Gasteiger partial charge in [-0.1, -0.05) is 12.2 Å². The fourth-order valence-electron chi connectivity index (χ4n) is 1.35. The number of rotatable bonds is 4. The van der Waals surface area contributed by atoms with Crippen LogP contribution in [0.4, 0.5) is 0 Å². The highest BCUT2D eigenvalue weighted by Gasteiger charge is 2.27. The third-order valence-corrected chi connectivity index (χ3v) is 2.06. The van der Waals surface area contributed by atoms with Crippen LogP contribution in [0.2, 0.25) is 0 Å². The van der Waals surface area contributed by atoms with E-state index in [1.807, 2.05) is 0 Å². The largest absolute Gasteiger partial charge is 0.328 e. The van der Waals surface area contributed by atoms with Gasteiger partial charge in [-0.15, -0.1) is 13.2 Å². The van der Waals surface area contributed by atoms with Crippen LogP contribution in [0.15, 0.2) is 25.3 Å². The third kappa shape index (κ3) is 2.22. The minimum absolute atomic E-state index is 0.0358. The molecule has 0 aromatic heterocycles. The second kappa shape index (κ2) is 4.60. The molecule has 0 spiro atoms. The summed E-state index contributed by atoms with van der Waals surface area (Å²) in [5.74, 6) is -0.0716. The molecule has 2 amide bonds. The number of amides is 2. The Morgan fingerprint density at radius 3 is 1.64 bits per heavy atom. The smallest absolute Gasteiger partial charge is 0.242 e. The zero-order valence-corrected chi connectivity index (χ0v) is 8.11. The quantitative estimate of drug-likeness (QED) is 0.592. The first-order valence-corrected chi connectivity index (χ1v) is 4.46. The molecule has 0 aromatic rings. The first-order valence-electron chi connectivity index (χ1n) is 4.46. The van der Waals surface area contributed by atoms with Crippen LogP contribution in [0.1, 0.15) is 0 Å². The van der Waals surface area contributed by atoms with Gasteiger partial charge in [-0.2, -0.15) is 0 Å². The van der Waals surface area contributed by atoms with E-state index in [1.54, 1.807) is 12.2 Å².